The number of benzene rings is 2. The van der Waals surface area contributed by atoms with Crippen molar-refractivity contribution < 1.29 is 14.7 Å². The van der Waals surface area contributed by atoms with Crippen molar-refractivity contribution in [3.63, 3.8) is 0 Å². The van der Waals surface area contributed by atoms with Gasteiger partial charge in [0, 0.05) is 43.3 Å². The highest BCUT2D eigenvalue weighted by Gasteiger charge is 2.33. The molecule has 3 heterocycles. The molecular weight excluding hydrogens is 448 g/mol. The molecule has 5 rings (SSSR count). The predicted octanol–water partition coefficient (Wildman–Crippen LogP) is 4.32. The first-order valence-electron chi connectivity index (χ1n) is 10.8. The van der Waals surface area contributed by atoms with Crippen LogP contribution in [0.25, 0.3) is 0 Å². The van der Waals surface area contributed by atoms with Crippen LogP contribution in [0.5, 0.6) is 0 Å². The zero-order valence-corrected chi connectivity index (χ0v) is 18.8. The number of nitrogens with zero attached hydrogens (tertiary/aromatic N) is 6. The number of carbonyl (C=O) groups excluding carboxylic acids is 1. The van der Waals surface area contributed by atoms with Crippen molar-refractivity contribution in [2.24, 2.45) is 7.05 Å². The van der Waals surface area contributed by atoms with Gasteiger partial charge < -0.3 is 15.3 Å². The number of aryl methyl sites for hydroxylation is 1. The highest BCUT2D eigenvalue weighted by atomic mass is 16.4. The summed E-state index contributed by atoms with van der Waals surface area (Å²) in [5, 5.41) is 18.8. The Labute approximate surface area is 200 Å². The highest BCUT2D eigenvalue weighted by molar-refractivity contribution is 6.01. The van der Waals surface area contributed by atoms with E-state index in [1.54, 1.807) is 59.4 Å². The Morgan fingerprint density at radius 1 is 1.11 bits per heavy atom. The quantitative estimate of drug-likeness (QED) is 0.383. The topological polar surface area (TPSA) is 129 Å². The molecule has 0 radical (unpaired) electrons. The lowest BCUT2D eigenvalue weighted by atomic mass is 10.1. The third-order valence-corrected chi connectivity index (χ3v) is 5.40. The maximum Gasteiger partial charge on any atom is 0.409 e. The molecule has 11 heteroatoms. The Hall–Kier alpha value is -4.93. The summed E-state index contributed by atoms with van der Waals surface area (Å²) in [6.45, 7) is 0.729. The van der Waals surface area contributed by atoms with Crippen molar-refractivity contribution in [3.05, 3.63) is 84.2 Å². The molecule has 0 saturated carbocycles. The molecule has 176 valence electrons. The number of fused-ring (bicyclic) bond motifs is 1. The van der Waals surface area contributed by atoms with Gasteiger partial charge in [-0.05, 0) is 23.8 Å². The van der Waals surface area contributed by atoms with Gasteiger partial charge in [0.05, 0.1) is 12.2 Å². The van der Waals surface area contributed by atoms with E-state index in [9.17, 15) is 9.59 Å². The van der Waals surface area contributed by atoms with Crippen LogP contribution in [0, 0.1) is 0 Å². The lowest BCUT2D eigenvalue weighted by Gasteiger charge is -2.36. The van der Waals surface area contributed by atoms with E-state index in [4.69, 9.17) is 5.11 Å². The summed E-state index contributed by atoms with van der Waals surface area (Å²) in [5.74, 6) is 1.27. The first-order chi connectivity index (χ1) is 17.0. The maximum atomic E-state index is 13.7. The standard InChI is InChI=1S/C24H22N8O3/c1-30-11-10-20(29-30)27-22-25-13-17-15-31(14-16-6-3-2-4-7-16)24(35)32(21(17)28-22)19-9-5-8-18(12-19)26-23(33)34/h2-13,26H,14-15H2,1H3,(H,33,34)(H,25,27,28,29). The molecule has 2 aromatic carbocycles. The molecule has 0 unspecified atom stereocenters. The van der Waals surface area contributed by atoms with Crippen LogP contribution < -0.4 is 15.5 Å². The molecule has 0 fully saturated rings. The summed E-state index contributed by atoms with van der Waals surface area (Å²) in [6.07, 6.45) is 2.28. The zero-order chi connectivity index (χ0) is 24.4. The molecule has 35 heavy (non-hydrogen) atoms. The number of anilines is 5. The van der Waals surface area contributed by atoms with Crippen molar-refractivity contribution >= 4 is 41.1 Å². The third kappa shape index (κ3) is 4.74. The minimum absolute atomic E-state index is 0.281. The van der Waals surface area contributed by atoms with Gasteiger partial charge in [-0.15, -0.1) is 0 Å². The fourth-order valence-electron chi connectivity index (χ4n) is 3.87. The predicted molar refractivity (Wildman–Crippen MR) is 130 cm³/mol. The van der Waals surface area contributed by atoms with Crippen LogP contribution in [0.3, 0.4) is 0 Å². The fourth-order valence-corrected chi connectivity index (χ4v) is 3.87. The fraction of sp³-hybridized carbons (Fsp3) is 0.125. The second kappa shape index (κ2) is 9.14. The van der Waals surface area contributed by atoms with Crippen LogP contribution in [0.15, 0.2) is 73.1 Å². The van der Waals surface area contributed by atoms with Crippen molar-refractivity contribution in [2.75, 3.05) is 15.5 Å². The van der Waals surface area contributed by atoms with Crippen LogP contribution in [-0.2, 0) is 20.1 Å². The van der Waals surface area contributed by atoms with Gasteiger partial charge in [0.15, 0.2) is 11.6 Å². The first-order valence-corrected chi connectivity index (χ1v) is 10.8. The van der Waals surface area contributed by atoms with Gasteiger partial charge in [-0.3, -0.25) is 10.00 Å². The van der Waals surface area contributed by atoms with E-state index in [1.807, 2.05) is 30.3 Å². The SMILES string of the molecule is Cn1ccc(Nc2ncc3c(n2)N(c2cccc(NC(=O)O)c2)C(=O)N(Cc2ccccc2)C3)n1. The lowest BCUT2D eigenvalue weighted by Crippen LogP contribution is -2.45. The summed E-state index contributed by atoms with van der Waals surface area (Å²) >= 11 is 0. The average Bonchev–Trinajstić information content (AvgIpc) is 3.24. The minimum Gasteiger partial charge on any atom is -0.465 e. The molecule has 1 aliphatic heterocycles. The summed E-state index contributed by atoms with van der Waals surface area (Å²) in [7, 11) is 1.80. The second-order valence-corrected chi connectivity index (χ2v) is 7.98. The Bertz CT molecular complexity index is 1390. The van der Waals surface area contributed by atoms with Gasteiger partial charge >= 0.3 is 12.1 Å². The smallest absolute Gasteiger partial charge is 0.409 e. The number of aromatic nitrogens is 4. The van der Waals surface area contributed by atoms with E-state index < -0.39 is 6.09 Å². The molecule has 0 aliphatic carbocycles. The summed E-state index contributed by atoms with van der Waals surface area (Å²) < 4.78 is 1.65. The van der Waals surface area contributed by atoms with Crippen molar-refractivity contribution in [1.29, 1.82) is 0 Å². The first kappa shape index (κ1) is 21.9. The molecule has 3 amide bonds. The number of carboxylic acid groups (broad SMARTS) is 1. The molecule has 0 bridgehead atoms. The minimum atomic E-state index is -1.19. The largest absolute Gasteiger partial charge is 0.465 e. The maximum absolute atomic E-state index is 13.7. The molecule has 2 aromatic heterocycles. The molecule has 11 nitrogen and oxygen atoms in total. The van der Waals surface area contributed by atoms with Gasteiger partial charge in [-0.2, -0.15) is 10.1 Å². The lowest BCUT2D eigenvalue weighted by molar-refractivity contribution is 0.198. The Morgan fingerprint density at radius 3 is 2.69 bits per heavy atom. The van der Waals surface area contributed by atoms with Crippen molar-refractivity contribution in [1.82, 2.24) is 24.6 Å². The molecular formula is C24H22N8O3. The summed E-state index contributed by atoms with van der Waals surface area (Å²) in [5.41, 5.74) is 2.55. The third-order valence-electron chi connectivity index (χ3n) is 5.40. The van der Waals surface area contributed by atoms with Gasteiger partial charge in [-0.1, -0.05) is 36.4 Å². The number of urea groups is 1. The molecule has 1 aliphatic rings. The second-order valence-electron chi connectivity index (χ2n) is 7.98. The van der Waals surface area contributed by atoms with Crippen LogP contribution in [0.4, 0.5) is 38.5 Å². The molecule has 3 N–H and O–H groups in total. The van der Waals surface area contributed by atoms with Gasteiger partial charge in [-0.25, -0.2) is 19.5 Å². The van der Waals surface area contributed by atoms with Gasteiger partial charge in [0.2, 0.25) is 5.95 Å². The van der Waals surface area contributed by atoms with Crippen LogP contribution in [-0.4, -0.2) is 41.9 Å². The average molecular weight is 470 g/mol. The monoisotopic (exact) mass is 470 g/mol. The number of nitrogens with one attached hydrogen (secondary N) is 2. The molecule has 0 saturated heterocycles. The van der Waals surface area contributed by atoms with E-state index in [-0.39, 0.29) is 12.0 Å². The van der Waals surface area contributed by atoms with Gasteiger partial charge in [0.1, 0.15) is 0 Å². The van der Waals surface area contributed by atoms with Crippen LogP contribution in [0.1, 0.15) is 11.1 Å². The van der Waals surface area contributed by atoms with Crippen molar-refractivity contribution in [2.45, 2.75) is 13.1 Å². The van der Waals surface area contributed by atoms with E-state index in [0.29, 0.717) is 36.1 Å². The number of amides is 3. The summed E-state index contributed by atoms with van der Waals surface area (Å²) in [4.78, 5) is 37.1. The Morgan fingerprint density at radius 2 is 1.94 bits per heavy atom. The van der Waals surface area contributed by atoms with E-state index in [1.165, 1.54) is 4.90 Å². The van der Waals surface area contributed by atoms with E-state index in [0.717, 1.165) is 11.1 Å². The number of rotatable bonds is 6. The molecule has 4 aromatic rings. The van der Waals surface area contributed by atoms with E-state index >= 15 is 0 Å². The number of hydrogen-bond acceptors (Lipinski definition) is 6. The number of hydrogen-bond donors (Lipinski definition) is 3. The van der Waals surface area contributed by atoms with Crippen molar-refractivity contribution in [3.8, 4) is 0 Å². The zero-order valence-electron chi connectivity index (χ0n) is 18.8. The highest BCUT2D eigenvalue weighted by Crippen LogP contribution is 2.35. The van der Waals surface area contributed by atoms with E-state index in [2.05, 4.69) is 25.7 Å². The Balaban J connectivity index is 1.54. The normalized spacial score (nSPS) is 12.9. The summed E-state index contributed by atoms with van der Waals surface area (Å²) in [6, 6.07) is 17.8. The number of carbonyl (C=O) groups is 2. The van der Waals surface area contributed by atoms with Crippen LogP contribution in [0.2, 0.25) is 0 Å². The molecule has 0 atom stereocenters. The van der Waals surface area contributed by atoms with Gasteiger partial charge in [0.25, 0.3) is 0 Å². The molecule has 0 spiro atoms. The van der Waals surface area contributed by atoms with Crippen LogP contribution >= 0.6 is 0 Å². The Kier molecular flexibility index (Phi) is 5.71.